The van der Waals surface area contributed by atoms with E-state index in [4.69, 9.17) is 10.5 Å². The summed E-state index contributed by atoms with van der Waals surface area (Å²) in [4.78, 5) is 0. The van der Waals surface area contributed by atoms with Crippen LogP contribution in [0.15, 0.2) is 18.2 Å². The SMILES string of the molecule is C[C@H](N)c1c(F)cccc1OCC1CCCC1. The summed E-state index contributed by atoms with van der Waals surface area (Å²) < 4.78 is 19.4. The van der Waals surface area contributed by atoms with Gasteiger partial charge in [0.15, 0.2) is 0 Å². The van der Waals surface area contributed by atoms with Crippen molar-refractivity contribution in [3.8, 4) is 5.75 Å². The van der Waals surface area contributed by atoms with E-state index in [0.717, 1.165) is 0 Å². The van der Waals surface area contributed by atoms with E-state index in [-0.39, 0.29) is 11.9 Å². The maximum absolute atomic E-state index is 13.6. The van der Waals surface area contributed by atoms with Gasteiger partial charge in [0.05, 0.1) is 6.61 Å². The average molecular weight is 237 g/mol. The Morgan fingerprint density at radius 3 is 2.76 bits per heavy atom. The first kappa shape index (κ1) is 12.4. The molecule has 0 aromatic heterocycles. The largest absolute Gasteiger partial charge is 0.493 e. The molecule has 0 bridgehead atoms. The first-order valence-corrected chi connectivity index (χ1v) is 6.35. The zero-order valence-corrected chi connectivity index (χ0v) is 10.3. The smallest absolute Gasteiger partial charge is 0.131 e. The molecule has 1 aliphatic carbocycles. The van der Waals surface area contributed by atoms with E-state index in [1.165, 1.54) is 31.7 Å². The van der Waals surface area contributed by atoms with Gasteiger partial charge in [-0.15, -0.1) is 0 Å². The average Bonchev–Trinajstić information content (AvgIpc) is 2.78. The van der Waals surface area contributed by atoms with Crippen LogP contribution < -0.4 is 10.5 Å². The molecule has 2 rings (SSSR count). The summed E-state index contributed by atoms with van der Waals surface area (Å²) in [5.74, 6) is 0.954. The lowest BCUT2D eigenvalue weighted by Gasteiger charge is -2.17. The highest BCUT2D eigenvalue weighted by Crippen LogP contribution is 2.29. The molecule has 0 radical (unpaired) electrons. The lowest BCUT2D eigenvalue weighted by atomic mass is 10.1. The van der Waals surface area contributed by atoms with Crippen molar-refractivity contribution in [1.82, 2.24) is 0 Å². The Morgan fingerprint density at radius 1 is 1.41 bits per heavy atom. The van der Waals surface area contributed by atoms with Gasteiger partial charge >= 0.3 is 0 Å². The van der Waals surface area contributed by atoms with Crippen LogP contribution in [0.2, 0.25) is 0 Å². The van der Waals surface area contributed by atoms with Crippen LogP contribution in [-0.4, -0.2) is 6.61 Å². The third-order valence-corrected chi connectivity index (χ3v) is 3.42. The molecule has 1 fully saturated rings. The van der Waals surface area contributed by atoms with Gasteiger partial charge in [-0.3, -0.25) is 0 Å². The Hall–Kier alpha value is -1.09. The van der Waals surface area contributed by atoms with Gasteiger partial charge in [0.1, 0.15) is 11.6 Å². The summed E-state index contributed by atoms with van der Waals surface area (Å²) in [6.45, 7) is 2.46. The molecule has 3 heteroatoms. The fraction of sp³-hybridized carbons (Fsp3) is 0.571. The zero-order valence-electron chi connectivity index (χ0n) is 10.3. The van der Waals surface area contributed by atoms with Gasteiger partial charge in [0.25, 0.3) is 0 Å². The van der Waals surface area contributed by atoms with Gasteiger partial charge in [-0.1, -0.05) is 18.9 Å². The zero-order chi connectivity index (χ0) is 12.3. The van der Waals surface area contributed by atoms with Crippen molar-refractivity contribution < 1.29 is 9.13 Å². The molecule has 0 spiro atoms. The van der Waals surface area contributed by atoms with Crippen LogP contribution in [0.4, 0.5) is 4.39 Å². The number of benzene rings is 1. The van der Waals surface area contributed by atoms with E-state index in [0.29, 0.717) is 23.8 Å². The number of halogens is 1. The number of rotatable bonds is 4. The minimum atomic E-state index is -0.338. The van der Waals surface area contributed by atoms with E-state index in [9.17, 15) is 4.39 Å². The van der Waals surface area contributed by atoms with Gasteiger partial charge < -0.3 is 10.5 Å². The highest BCUT2D eigenvalue weighted by molar-refractivity contribution is 5.36. The molecule has 2 N–H and O–H groups in total. The van der Waals surface area contributed by atoms with Crippen molar-refractivity contribution in [3.05, 3.63) is 29.6 Å². The summed E-state index contributed by atoms with van der Waals surface area (Å²) in [5.41, 5.74) is 6.27. The molecule has 1 saturated carbocycles. The standard InChI is InChI=1S/C14H20FNO/c1-10(16)14-12(15)7-4-8-13(14)17-9-11-5-2-3-6-11/h4,7-8,10-11H,2-3,5-6,9,16H2,1H3/t10-/m0/s1. The van der Waals surface area contributed by atoms with Crippen molar-refractivity contribution in [2.75, 3.05) is 6.61 Å². The minimum Gasteiger partial charge on any atom is -0.493 e. The molecule has 0 unspecified atom stereocenters. The van der Waals surface area contributed by atoms with Crippen LogP contribution in [0.3, 0.4) is 0 Å². The maximum atomic E-state index is 13.6. The quantitative estimate of drug-likeness (QED) is 0.871. The Morgan fingerprint density at radius 2 is 2.12 bits per heavy atom. The van der Waals surface area contributed by atoms with Gasteiger partial charge in [-0.05, 0) is 37.8 Å². The topological polar surface area (TPSA) is 35.2 Å². The summed E-state index contributed by atoms with van der Waals surface area (Å²) >= 11 is 0. The third-order valence-electron chi connectivity index (χ3n) is 3.42. The molecule has 1 aromatic carbocycles. The van der Waals surface area contributed by atoms with Gasteiger partial charge in [0, 0.05) is 11.6 Å². The molecule has 1 aromatic rings. The van der Waals surface area contributed by atoms with Crippen LogP contribution in [0.25, 0.3) is 0 Å². The summed E-state index contributed by atoms with van der Waals surface area (Å²) in [5, 5.41) is 0. The molecule has 0 aliphatic heterocycles. The monoisotopic (exact) mass is 237 g/mol. The Bertz CT molecular complexity index is 372. The molecule has 17 heavy (non-hydrogen) atoms. The van der Waals surface area contributed by atoms with Crippen LogP contribution in [-0.2, 0) is 0 Å². The highest BCUT2D eigenvalue weighted by Gasteiger charge is 2.18. The number of nitrogens with two attached hydrogens (primary N) is 1. The second-order valence-corrected chi connectivity index (χ2v) is 4.90. The lowest BCUT2D eigenvalue weighted by molar-refractivity contribution is 0.247. The first-order valence-electron chi connectivity index (χ1n) is 6.35. The second-order valence-electron chi connectivity index (χ2n) is 4.90. The number of hydrogen-bond acceptors (Lipinski definition) is 2. The third kappa shape index (κ3) is 2.97. The Kier molecular flexibility index (Phi) is 4.00. The Labute approximate surface area is 102 Å². The number of hydrogen-bond donors (Lipinski definition) is 1. The molecule has 2 nitrogen and oxygen atoms in total. The molecule has 0 saturated heterocycles. The van der Waals surface area contributed by atoms with E-state index >= 15 is 0 Å². The van der Waals surface area contributed by atoms with Crippen LogP contribution in [0.5, 0.6) is 5.75 Å². The molecule has 1 atom stereocenters. The number of ether oxygens (including phenoxy) is 1. The molecular weight excluding hydrogens is 217 g/mol. The van der Waals surface area contributed by atoms with Gasteiger partial charge in [-0.25, -0.2) is 4.39 Å². The summed E-state index contributed by atoms with van der Waals surface area (Å²) in [6, 6.07) is 4.57. The molecule has 94 valence electrons. The minimum absolute atomic E-state index is 0.274. The van der Waals surface area contributed by atoms with Crippen LogP contribution >= 0.6 is 0 Å². The van der Waals surface area contributed by atoms with Gasteiger partial charge in [0.2, 0.25) is 0 Å². The molecular formula is C14H20FNO. The van der Waals surface area contributed by atoms with Crippen molar-refractivity contribution in [3.63, 3.8) is 0 Å². The van der Waals surface area contributed by atoms with Gasteiger partial charge in [-0.2, -0.15) is 0 Å². The maximum Gasteiger partial charge on any atom is 0.131 e. The summed E-state index contributed by atoms with van der Waals surface area (Å²) in [7, 11) is 0. The fourth-order valence-corrected chi connectivity index (χ4v) is 2.47. The summed E-state index contributed by atoms with van der Waals surface area (Å²) in [6.07, 6.45) is 5.03. The van der Waals surface area contributed by atoms with E-state index in [1.54, 1.807) is 19.1 Å². The van der Waals surface area contributed by atoms with Crippen LogP contribution in [0.1, 0.15) is 44.2 Å². The van der Waals surface area contributed by atoms with E-state index < -0.39 is 0 Å². The first-order chi connectivity index (χ1) is 8.18. The Balaban J connectivity index is 2.06. The molecule has 1 aliphatic rings. The molecule has 0 heterocycles. The predicted octanol–water partition coefficient (Wildman–Crippen LogP) is 3.41. The predicted molar refractivity (Wildman–Crippen MR) is 66.5 cm³/mol. The van der Waals surface area contributed by atoms with Crippen molar-refractivity contribution >= 4 is 0 Å². The van der Waals surface area contributed by atoms with Crippen LogP contribution in [0, 0.1) is 11.7 Å². The normalized spacial score (nSPS) is 18.3. The highest BCUT2D eigenvalue weighted by atomic mass is 19.1. The fourth-order valence-electron chi connectivity index (χ4n) is 2.47. The van der Waals surface area contributed by atoms with Crippen molar-refractivity contribution in [1.29, 1.82) is 0 Å². The van der Waals surface area contributed by atoms with Crippen molar-refractivity contribution in [2.45, 2.75) is 38.6 Å². The molecule has 0 amide bonds. The second kappa shape index (κ2) is 5.50. The van der Waals surface area contributed by atoms with E-state index in [2.05, 4.69) is 0 Å². The van der Waals surface area contributed by atoms with Crippen molar-refractivity contribution in [2.24, 2.45) is 11.7 Å². The van der Waals surface area contributed by atoms with E-state index in [1.807, 2.05) is 0 Å². The lowest BCUT2D eigenvalue weighted by Crippen LogP contribution is -2.13.